The minimum absolute atomic E-state index is 0.186. The summed E-state index contributed by atoms with van der Waals surface area (Å²) in [5, 5.41) is 19.9. The summed E-state index contributed by atoms with van der Waals surface area (Å²) in [5.41, 5.74) is 6.86. The van der Waals surface area contributed by atoms with Gasteiger partial charge in [0, 0.05) is 52.4 Å². The van der Waals surface area contributed by atoms with Crippen LogP contribution in [0.3, 0.4) is 0 Å². The molecule has 0 saturated carbocycles. The van der Waals surface area contributed by atoms with Crippen molar-refractivity contribution in [1.29, 1.82) is 0 Å². The molecule has 6 rings (SSSR count). The van der Waals surface area contributed by atoms with Crippen molar-refractivity contribution in [3.05, 3.63) is 108 Å². The first-order valence-electron chi connectivity index (χ1n) is 13.8. The van der Waals surface area contributed by atoms with Crippen LogP contribution in [-0.2, 0) is 0 Å². The zero-order valence-electron chi connectivity index (χ0n) is 22.7. The van der Waals surface area contributed by atoms with Gasteiger partial charge in [-0.2, -0.15) is 0 Å². The number of H-pyrrole nitrogens is 1. The van der Waals surface area contributed by atoms with Gasteiger partial charge in [-0.05, 0) is 105 Å². The third-order valence-electron chi connectivity index (χ3n) is 7.40. The number of benzene rings is 4. The van der Waals surface area contributed by atoms with Crippen LogP contribution < -0.4 is 20.9 Å². The van der Waals surface area contributed by atoms with Gasteiger partial charge in [0.15, 0.2) is 0 Å². The SMILES string of the molecule is Cc1ccc2[nH]c(C(=O)Nc3ccc(Nc4ccc(Nc5ccc(N6CCC(O)CC6)cc5)cc4)c(F)c3)cc2c1. The number of aryl methyl sites for hydroxylation is 1. The Morgan fingerprint density at radius 1 is 0.829 bits per heavy atom. The number of nitrogens with one attached hydrogen (secondary N) is 4. The maximum absolute atomic E-state index is 14.9. The molecule has 1 aliphatic heterocycles. The van der Waals surface area contributed by atoms with Gasteiger partial charge in [0.2, 0.25) is 0 Å². The Kier molecular flexibility index (Phi) is 7.31. The van der Waals surface area contributed by atoms with E-state index in [2.05, 4.69) is 38.0 Å². The fourth-order valence-electron chi connectivity index (χ4n) is 5.11. The number of rotatable bonds is 7. The Bertz CT molecular complexity index is 1670. The lowest BCUT2D eigenvalue weighted by Gasteiger charge is -2.31. The first-order valence-corrected chi connectivity index (χ1v) is 13.8. The molecular weight excluding hydrogens is 517 g/mol. The molecule has 1 saturated heterocycles. The molecule has 1 amide bonds. The molecule has 5 aromatic rings. The highest BCUT2D eigenvalue weighted by Gasteiger charge is 2.17. The predicted molar refractivity (Wildman–Crippen MR) is 164 cm³/mol. The van der Waals surface area contributed by atoms with Crippen LogP contribution in [0.4, 0.5) is 38.5 Å². The number of anilines is 6. The standard InChI is InChI=1S/C33H32FN5O2/c1-21-2-12-30-22(18-21)19-32(38-30)33(41)37-26-9-13-31(29(34)20-26)36-25-5-3-23(4-6-25)35-24-7-10-27(11-8-24)39-16-14-28(40)15-17-39/h2-13,18-20,28,35-36,38,40H,14-17H2,1H3,(H,37,41). The Morgan fingerprint density at radius 2 is 1.46 bits per heavy atom. The molecule has 0 unspecified atom stereocenters. The minimum atomic E-state index is -0.472. The van der Waals surface area contributed by atoms with Crippen LogP contribution in [0.15, 0.2) is 91.0 Å². The van der Waals surface area contributed by atoms with Crippen LogP contribution in [0.25, 0.3) is 10.9 Å². The number of piperidine rings is 1. The van der Waals surface area contributed by atoms with Gasteiger partial charge in [-0.15, -0.1) is 0 Å². The smallest absolute Gasteiger partial charge is 0.272 e. The second-order valence-corrected chi connectivity index (χ2v) is 10.5. The maximum Gasteiger partial charge on any atom is 0.272 e. The van der Waals surface area contributed by atoms with Crippen LogP contribution in [0, 0.1) is 12.7 Å². The van der Waals surface area contributed by atoms with E-state index in [1.807, 2.05) is 61.5 Å². The van der Waals surface area contributed by atoms with Crippen molar-refractivity contribution in [1.82, 2.24) is 4.98 Å². The summed E-state index contributed by atoms with van der Waals surface area (Å²) >= 11 is 0. The summed E-state index contributed by atoms with van der Waals surface area (Å²) in [5.74, 6) is -0.802. The number of nitrogens with zero attached hydrogens (tertiary/aromatic N) is 1. The number of aliphatic hydroxyl groups is 1. The number of fused-ring (bicyclic) bond motifs is 1. The van der Waals surface area contributed by atoms with Crippen molar-refractivity contribution in [2.24, 2.45) is 0 Å². The van der Waals surface area contributed by atoms with Crippen molar-refractivity contribution < 1.29 is 14.3 Å². The second-order valence-electron chi connectivity index (χ2n) is 10.5. The van der Waals surface area contributed by atoms with Crippen LogP contribution in [0.1, 0.15) is 28.9 Å². The van der Waals surface area contributed by atoms with E-state index in [4.69, 9.17) is 0 Å². The molecule has 4 aromatic carbocycles. The van der Waals surface area contributed by atoms with Crippen molar-refractivity contribution in [2.45, 2.75) is 25.9 Å². The molecule has 1 fully saturated rings. The van der Waals surface area contributed by atoms with Crippen molar-refractivity contribution in [3.63, 3.8) is 0 Å². The van der Waals surface area contributed by atoms with Crippen molar-refractivity contribution in [3.8, 4) is 0 Å². The first-order chi connectivity index (χ1) is 19.9. The Morgan fingerprint density at radius 3 is 2.15 bits per heavy atom. The number of amides is 1. The van der Waals surface area contributed by atoms with Crippen molar-refractivity contribution in [2.75, 3.05) is 33.9 Å². The Hall–Kier alpha value is -4.82. The summed E-state index contributed by atoms with van der Waals surface area (Å²) < 4.78 is 14.9. The molecule has 41 heavy (non-hydrogen) atoms. The zero-order valence-corrected chi connectivity index (χ0v) is 22.7. The predicted octanol–water partition coefficient (Wildman–Crippen LogP) is 7.32. The molecule has 0 bridgehead atoms. The normalized spacial score (nSPS) is 13.8. The number of aliphatic hydroxyl groups excluding tert-OH is 1. The average Bonchev–Trinajstić information content (AvgIpc) is 3.40. The number of carbonyl (C=O) groups is 1. The number of aromatic amines is 1. The minimum Gasteiger partial charge on any atom is -0.393 e. The quantitative estimate of drug-likeness (QED) is 0.147. The van der Waals surface area contributed by atoms with Crippen LogP contribution >= 0.6 is 0 Å². The topological polar surface area (TPSA) is 92.4 Å². The zero-order chi connectivity index (χ0) is 28.3. The van der Waals surface area contributed by atoms with E-state index < -0.39 is 5.82 Å². The van der Waals surface area contributed by atoms with Crippen LogP contribution in [0.2, 0.25) is 0 Å². The lowest BCUT2D eigenvalue weighted by atomic mass is 10.1. The number of carbonyl (C=O) groups excluding carboxylic acids is 1. The summed E-state index contributed by atoms with van der Waals surface area (Å²) in [4.78, 5) is 18.1. The molecule has 208 valence electrons. The van der Waals surface area contributed by atoms with Gasteiger partial charge < -0.3 is 30.9 Å². The summed E-state index contributed by atoms with van der Waals surface area (Å²) in [6.07, 6.45) is 1.42. The van der Waals surface area contributed by atoms with E-state index in [1.165, 1.54) is 6.07 Å². The van der Waals surface area contributed by atoms with E-state index in [-0.39, 0.29) is 12.0 Å². The lowest BCUT2D eigenvalue weighted by molar-refractivity contribution is 0.102. The van der Waals surface area contributed by atoms with E-state index in [1.54, 1.807) is 18.2 Å². The molecule has 8 heteroatoms. The lowest BCUT2D eigenvalue weighted by Crippen LogP contribution is -2.35. The van der Waals surface area contributed by atoms with E-state index >= 15 is 0 Å². The van der Waals surface area contributed by atoms with Gasteiger partial charge in [-0.25, -0.2) is 4.39 Å². The Labute approximate surface area is 238 Å². The van der Waals surface area contributed by atoms with Gasteiger partial charge in [-0.3, -0.25) is 4.79 Å². The van der Waals surface area contributed by atoms with E-state index in [9.17, 15) is 14.3 Å². The average molecular weight is 550 g/mol. The molecule has 5 N–H and O–H groups in total. The molecule has 1 aromatic heterocycles. The molecular formula is C33H32FN5O2. The van der Waals surface area contributed by atoms with Gasteiger partial charge >= 0.3 is 0 Å². The van der Waals surface area contributed by atoms with Gasteiger partial charge in [0.1, 0.15) is 11.5 Å². The molecule has 7 nitrogen and oxygen atoms in total. The van der Waals surface area contributed by atoms with E-state index in [0.717, 1.165) is 65.1 Å². The van der Waals surface area contributed by atoms with Crippen LogP contribution in [0.5, 0.6) is 0 Å². The van der Waals surface area contributed by atoms with Gasteiger partial charge in [-0.1, -0.05) is 11.6 Å². The second kappa shape index (κ2) is 11.3. The van der Waals surface area contributed by atoms with E-state index in [0.29, 0.717) is 17.1 Å². The fourth-order valence-corrected chi connectivity index (χ4v) is 5.11. The fraction of sp³-hybridized carbons (Fsp3) is 0.182. The summed E-state index contributed by atoms with van der Waals surface area (Å²) in [6.45, 7) is 3.73. The maximum atomic E-state index is 14.9. The third-order valence-corrected chi connectivity index (χ3v) is 7.40. The summed E-state index contributed by atoms with van der Waals surface area (Å²) in [6, 6.07) is 28.2. The number of halogens is 1. The monoisotopic (exact) mass is 549 g/mol. The molecule has 1 aliphatic rings. The highest BCUT2D eigenvalue weighted by molar-refractivity contribution is 6.06. The van der Waals surface area contributed by atoms with Gasteiger partial charge in [0.05, 0.1) is 11.8 Å². The van der Waals surface area contributed by atoms with Crippen molar-refractivity contribution >= 4 is 50.9 Å². The number of hydrogen-bond donors (Lipinski definition) is 5. The molecule has 0 atom stereocenters. The number of aromatic nitrogens is 1. The molecule has 0 aliphatic carbocycles. The molecule has 0 spiro atoms. The largest absolute Gasteiger partial charge is 0.393 e. The summed E-state index contributed by atoms with van der Waals surface area (Å²) in [7, 11) is 0. The third kappa shape index (κ3) is 6.18. The number of hydrogen-bond acceptors (Lipinski definition) is 5. The molecule has 0 radical (unpaired) electrons. The highest BCUT2D eigenvalue weighted by atomic mass is 19.1. The first kappa shape index (κ1) is 26.4. The Balaban J connectivity index is 1.05. The highest BCUT2D eigenvalue weighted by Crippen LogP contribution is 2.27. The molecule has 2 heterocycles. The van der Waals surface area contributed by atoms with Gasteiger partial charge in [0.25, 0.3) is 5.91 Å². The van der Waals surface area contributed by atoms with Crippen LogP contribution in [-0.4, -0.2) is 35.2 Å².